The summed E-state index contributed by atoms with van der Waals surface area (Å²) in [5, 5.41) is 3.64. The number of hydrogen-bond acceptors (Lipinski definition) is 2. The highest BCUT2D eigenvalue weighted by Crippen LogP contribution is 2.03. The summed E-state index contributed by atoms with van der Waals surface area (Å²) in [5.74, 6) is 0. The van der Waals surface area contributed by atoms with Crippen molar-refractivity contribution in [3.05, 3.63) is 0 Å². The lowest BCUT2D eigenvalue weighted by Crippen LogP contribution is -2.40. The van der Waals surface area contributed by atoms with Crippen LogP contribution >= 0.6 is 12.2 Å². The Hall–Kier alpha value is -0.310. The molecular weight excluding hydrogens is 134 g/mol. The average Bonchev–Trinajstić information content (AvgIpc) is 1.88. The van der Waals surface area contributed by atoms with Gasteiger partial charge in [0.05, 0.1) is 6.61 Å². The van der Waals surface area contributed by atoms with E-state index in [1.165, 1.54) is 0 Å². The summed E-state index contributed by atoms with van der Waals surface area (Å²) in [5.41, 5.74) is 0. The highest BCUT2D eigenvalue weighted by Gasteiger charge is 2.13. The third-order valence-corrected chi connectivity index (χ3v) is 1.75. The third kappa shape index (κ3) is 1.82. The minimum Gasteiger partial charge on any atom is -0.471 e. The van der Waals surface area contributed by atoms with E-state index in [0.29, 0.717) is 11.2 Å². The normalized spacial score (nSPS) is 26.8. The molecule has 1 fully saturated rings. The lowest BCUT2D eigenvalue weighted by atomic mass is 10.1. The van der Waals surface area contributed by atoms with E-state index in [2.05, 4.69) is 12.2 Å². The van der Waals surface area contributed by atoms with Gasteiger partial charge >= 0.3 is 0 Å². The number of rotatable bonds is 1. The zero-order chi connectivity index (χ0) is 6.69. The number of nitrogens with one attached hydrogen (secondary N) is 1. The standard InChI is InChI=1S/C6H11NOS/c1-2-5-3-4-8-6(9)7-5/h5H,2-4H2,1H3,(H,7,9). The van der Waals surface area contributed by atoms with Crippen molar-refractivity contribution in [2.45, 2.75) is 25.8 Å². The predicted molar refractivity (Wildman–Crippen MR) is 40.4 cm³/mol. The van der Waals surface area contributed by atoms with Crippen LogP contribution in [0.4, 0.5) is 0 Å². The van der Waals surface area contributed by atoms with Crippen molar-refractivity contribution >= 4 is 17.4 Å². The van der Waals surface area contributed by atoms with Crippen LogP contribution in [0, 0.1) is 0 Å². The first-order chi connectivity index (χ1) is 4.33. The van der Waals surface area contributed by atoms with Crippen molar-refractivity contribution in [1.82, 2.24) is 5.32 Å². The van der Waals surface area contributed by atoms with Crippen LogP contribution in [-0.2, 0) is 4.74 Å². The highest BCUT2D eigenvalue weighted by molar-refractivity contribution is 7.80. The zero-order valence-electron chi connectivity index (χ0n) is 5.52. The highest BCUT2D eigenvalue weighted by atomic mass is 32.1. The van der Waals surface area contributed by atoms with Gasteiger partial charge in [0.2, 0.25) is 0 Å². The molecule has 0 aromatic rings. The van der Waals surface area contributed by atoms with E-state index < -0.39 is 0 Å². The number of thiocarbonyl (C=S) groups is 1. The van der Waals surface area contributed by atoms with Crippen molar-refractivity contribution in [2.24, 2.45) is 0 Å². The van der Waals surface area contributed by atoms with Gasteiger partial charge in [0, 0.05) is 12.5 Å². The molecule has 1 saturated heterocycles. The number of hydrogen-bond donors (Lipinski definition) is 1. The first-order valence-electron chi connectivity index (χ1n) is 3.26. The smallest absolute Gasteiger partial charge is 0.256 e. The Morgan fingerprint density at radius 1 is 1.89 bits per heavy atom. The second-order valence-corrected chi connectivity index (χ2v) is 2.54. The van der Waals surface area contributed by atoms with Crippen LogP contribution in [0.2, 0.25) is 0 Å². The SMILES string of the molecule is CCC1CCOC(=S)N1. The lowest BCUT2D eigenvalue weighted by molar-refractivity contribution is 0.233. The molecule has 3 heteroatoms. The van der Waals surface area contributed by atoms with Gasteiger partial charge < -0.3 is 10.1 Å². The Balaban J connectivity index is 2.32. The molecule has 0 radical (unpaired) electrons. The van der Waals surface area contributed by atoms with Gasteiger partial charge in [-0.15, -0.1) is 0 Å². The summed E-state index contributed by atoms with van der Waals surface area (Å²) in [6.07, 6.45) is 2.21. The fraction of sp³-hybridized carbons (Fsp3) is 0.833. The topological polar surface area (TPSA) is 21.3 Å². The minimum absolute atomic E-state index is 0.547. The van der Waals surface area contributed by atoms with Crippen LogP contribution in [-0.4, -0.2) is 17.8 Å². The summed E-state index contributed by atoms with van der Waals surface area (Å²) in [6.45, 7) is 2.93. The fourth-order valence-electron chi connectivity index (χ4n) is 0.881. The van der Waals surface area contributed by atoms with Gasteiger partial charge in [-0.25, -0.2) is 0 Å². The molecule has 0 saturated carbocycles. The van der Waals surface area contributed by atoms with Crippen molar-refractivity contribution in [3.8, 4) is 0 Å². The molecule has 1 heterocycles. The molecule has 1 aliphatic rings. The largest absolute Gasteiger partial charge is 0.471 e. The van der Waals surface area contributed by atoms with Crippen LogP contribution in [0.1, 0.15) is 19.8 Å². The van der Waals surface area contributed by atoms with Gasteiger partial charge in [-0.3, -0.25) is 0 Å². The van der Waals surface area contributed by atoms with Crippen LogP contribution in [0.3, 0.4) is 0 Å². The van der Waals surface area contributed by atoms with E-state index in [4.69, 9.17) is 17.0 Å². The van der Waals surface area contributed by atoms with Crippen molar-refractivity contribution in [1.29, 1.82) is 0 Å². The van der Waals surface area contributed by atoms with Gasteiger partial charge in [0.1, 0.15) is 0 Å². The molecule has 0 aromatic heterocycles. The maximum atomic E-state index is 5.03. The van der Waals surface area contributed by atoms with Crippen molar-refractivity contribution < 1.29 is 4.74 Å². The summed E-state index contributed by atoms with van der Waals surface area (Å²) in [4.78, 5) is 0. The summed E-state index contributed by atoms with van der Waals surface area (Å²) in [7, 11) is 0. The van der Waals surface area contributed by atoms with Crippen LogP contribution < -0.4 is 5.32 Å². The van der Waals surface area contributed by atoms with E-state index in [9.17, 15) is 0 Å². The molecule has 2 nitrogen and oxygen atoms in total. The van der Waals surface area contributed by atoms with Crippen LogP contribution in [0.25, 0.3) is 0 Å². The van der Waals surface area contributed by atoms with Crippen LogP contribution in [0.15, 0.2) is 0 Å². The van der Waals surface area contributed by atoms with Gasteiger partial charge in [-0.1, -0.05) is 6.92 Å². The molecule has 0 aromatic carbocycles. The minimum atomic E-state index is 0.547. The Kier molecular flexibility index (Phi) is 2.28. The molecule has 1 N–H and O–H groups in total. The first-order valence-corrected chi connectivity index (χ1v) is 3.67. The molecule has 1 aliphatic heterocycles. The summed E-state index contributed by atoms with van der Waals surface area (Å²) in [6, 6.07) is 0.547. The van der Waals surface area contributed by atoms with Crippen LogP contribution in [0.5, 0.6) is 0 Å². The Morgan fingerprint density at radius 2 is 2.67 bits per heavy atom. The second-order valence-electron chi connectivity index (χ2n) is 2.17. The molecule has 52 valence electrons. The average molecular weight is 145 g/mol. The fourth-order valence-corrected chi connectivity index (χ4v) is 1.13. The van der Waals surface area contributed by atoms with Gasteiger partial charge in [-0.2, -0.15) is 0 Å². The molecule has 1 rings (SSSR count). The van der Waals surface area contributed by atoms with E-state index in [1.807, 2.05) is 0 Å². The monoisotopic (exact) mass is 145 g/mol. The first kappa shape index (κ1) is 6.81. The zero-order valence-corrected chi connectivity index (χ0v) is 6.33. The molecule has 1 unspecified atom stereocenters. The Labute approximate surface area is 60.6 Å². The Bertz CT molecular complexity index is 116. The van der Waals surface area contributed by atoms with Gasteiger partial charge in [0.15, 0.2) is 0 Å². The molecule has 0 amide bonds. The molecule has 9 heavy (non-hydrogen) atoms. The number of ether oxygens (including phenoxy) is 1. The summed E-state index contributed by atoms with van der Waals surface area (Å²) < 4.78 is 5.03. The predicted octanol–water partition coefficient (Wildman–Crippen LogP) is 1.06. The van der Waals surface area contributed by atoms with E-state index in [1.54, 1.807) is 0 Å². The molecular formula is C6H11NOS. The quantitative estimate of drug-likeness (QED) is 0.557. The maximum Gasteiger partial charge on any atom is 0.256 e. The second kappa shape index (κ2) is 3.01. The lowest BCUT2D eigenvalue weighted by Gasteiger charge is -2.23. The van der Waals surface area contributed by atoms with Crippen molar-refractivity contribution in [2.75, 3.05) is 6.61 Å². The molecule has 0 bridgehead atoms. The van der Waals surface area contributed by atoms with Gasteiger partial charge in [0.25, 0.3) is 5.17 Å². The van der Waals surface area contributed by atoms with E-state index >= 15 is 0 Å². The molecule has 0 aliphatic carbocycles. The Morgan fingerprint density at radius 3 is 3.11 bits per heavy atom. The third-order valence-electron chi connectivity index (χ3n) is 1.51. The van der Waals surface area contributed by atoms with E-state index in [-0.39, 0.29) is 0 Å². The van der Waals surface area contributed by atoms with Crippen molar-refractivity contribution in [3.63, 3.8) is 0 Å². The molecule has 0 spiro atoms. The van der Waals surface area contributed by atoms with Gasteiger partial charge in [-0.05, 0) is 18.6 Å². The molecule has 1 atom stereocenters. The van der Waals surface area contributed by atoms with E-state index in [0.717, 1.165) is 19.4 Å². The summed E-state index contributed by atoms with van der Waals surface area (Å²) >= 11 is 4.82. The maximum absolute atomic E-state index is 5.03.